The van der Waals surface area contributed by atoms with Gasteiger partial charge in [-0.1, -0.05) is 121 Å². The van der Waals surface area contributed by atoms with E-state index >= 15 is 0 Å². The predicted molar refractivity (Wildman–Crippen MR) is 139 cm³/mol. The molecule has 1 N–H and O–H groups in total. The molecule has 1 aliphatic carbocycles. The lowest BCUT2D eigenvalue weighted by atomic mass is 9.79. The van der Waals surface area contributed by atoms with Gasteiger partial charge in [-0.2, -0.15) is 0 Å². The molecular weight excluding hydrogens is 398 g/mol. The number of hydrogen-bond acceptors (Lipinski definition) is 1. The number of allylic oxidation sites excluding steroid dienone is 1. The second-order valence-corrected chi connectivity index (χ2v) is 8.52. The van der Waals surface area contributed by atoms with Crippen molar-refractivity contribution >= 4 is 28.1 Å². The summed E-state index contributed by atoms with van der Waals surface area (Å²) in [7, 11) is 0. The summed E-state index contributed by atoms with van der Waals surface area (Å²) in [6.45, 7) is 0. The third-order valence-electron chi connectivity index (χ3n) is 6.62. The van der Waals surface area contributed by atoms with E-state index in [0.29, 0.717) is 5.71 Å². The molecule has 0 heterocycles. The van der Waals surface area contributed by atoms with E-state index in [-0.39, 0.29) is 5.92 Å². The molecule has 1 heteroatoms. The van der Waals surface area contributed by atoms with Crippen molar-refractivity contribution in [3.63, 3.8) is 0 Å². The maximum absolute atomic E-state index is 9.29. The van der Waals surface area contributed by atoms with Gasteiger partial charge in [-0.05, 0) is 44.7 Å². The van der Waals surface area contributed by atoms with E-state index in [1.807, 2.05) is 30.3 Å². The minimum atomic E-state index is 0.0762. The Bertz CT molecular complexity index is 1510. The standard InChI is InChI=1S/C32H23N/c33-32(24-14-5-2-6-15-24)31-26-17-9-7-13-23(26)19-20-28(31)30-27-18-10-8-16-25(27)21-29(30)22-11-3-1-4-12-22/h1-21,30,33H. The van der Waals surface area contributed by atoms with Crippen LogP contribution < -0.4 is 0 Å². The first-order valence-electron chi connectivity index (χ1n) is 11.3. The van der Waals surface area contributed by atoms with E-state index in [4.69, 9.17) is 0 Å². The minimum absolute atomic E-state index is 0.0762. The zero-order chi connectivity index (χ0) is 22.2. The fraction of sp³-hybridized carbons (Fsp3) is 0.0312. The van der Waals surface area contributed by atoms with Crippen molar-refractivity contribution in [3.05, 3.63) is 155 Å². The van der Waals surface area contributed by atoms with Crippen LogP contribution in [0.15, 0.2) is 121 Å². The summed E-state index contributed by atoms with van der Waals surface area (Å²) in [6, 6.07) is 42.3. The average molecular weight is 422 g/mol. The number of fused-ring (bicyclic) bond motifs is 2. The fourth-order valence-electron chi connectivity index (χ4n) is 5.10. The molecule has 0 saturated heterocycles. The largest absolute Gasteiger partial charge is 0.300 e. The van der Waals surface area contributed by atoms with Crippen LogP contribution in [-0.4, -0.2) is 5.71 Å². The Morgan fingerprint density at radius 1 is 0.576 bits per heavy atom. The Kier molecular flexibility index (Phi) is 4.74. The van der Waals surface area contributed by atoms with Gasteiger partial charge >= 0.3 is 0 Å². The quantitative estimate of drug-likeness (QED) is 0.285. The van der Waals surface area contributed by atoms with Gasteiger partial charge in [0.2, 0.25) is 0 Å². The molecule has 1 atom stereocenters. The summed E-state index contributed by atoms with van der Waals surface area (Å²) in [5.41, 5.74) is 8.77. The highest BCUT2D eigenvalue weighted by Crippen LogP contribution is 2.48. The molecular formula is C32H23N. The normalized spacial score (nSPS) is 14.7. The molecule has 0 spiro atoms. The monoisotopic (exact) mass is 421 g/mol. The van der Waals surface area contributed by atoms with Crippen LogP contribution in [0, 0.1) is 5.41 Å². The van der Waals surface area contributed by atoms with Crippen LogP contribution in [0.2, 0.25) is 0 Å². The van der Waals surface area contributed by atoms with Gasteiger partial charge in [-0.3, -0.25) is 5.41 Å². The highest BCUT2D eigenvalue weighted by Gasteiger charge is 2.30. The molecule has 1 aliphatic rings. The van der Waals surface area contributed by atoms with Crippen molar-refractivity contribution in [2.45, 2.75) is 5.92 Å². The average Bonchev–Trinajstić information content (AvgIpc) is 3.28. The van der Waals surface area contributed by atoms with Crippen LogP contribution in [0.5, 0.6) is 0 Å². The van der Waals surface area contributed by atoms with Gasteiger partial charge in [0.05, 0.1) is 5.71 Å². The Morgan fingerprint density at radius 2 is 1.24 bits per heavy atom. The van der Waals surface area contributed by atoms with Crippen LogP contribution in [0.3, 0.4) is 0 Å². The van der Waals surface area contributed by atoms with E-state index in [0.717, 1.165) is 21.9 Å². The molecule has 0 saturated carbocycles. The first-order valence-corrected chi connectivity index (χ1v) is 11.3. The summed E-state index contributed by atoms with van der Waals surface area (Å²) in [6.07, 6.45) is 2.32. The molecule has 0 aromatic heterocycles. The van der Waals surface area contributed by atoms with Crippen molar-refractivity contribution in [2.24, 2.45) is 0 Å². The van der Waals surface area contributed by atoms with Gasteiger partial charge in [0.15, 0.2) is 0 Å². The Labute approximate surface area is 194 Å². The topological polar surface area (TPSA) is 23.9 Å². The zero-order valence-corrected chi connectivity index (χ0v) is 18.2. The maximum atomic E-state index is 9.29. The second kappa shape index (κ2) is 8.03. The van der Waals surface area contributed by atoms with Crippen LogP contribution >= 0.6 is 0 Å². The molecule has 1 nitrogen and oxygen atoms in total. The van der Waals surface area contributed by atoms with E-state index in [1.165, 1.54) is 27.8 Å². The molecule has 0 fully saturated rings. The highest BCUT2D eigenvalue weighted by molar-refractivity contribution is 6.19. The highest BCUT2D eigenvalue weighted by atomic mass is 14.4. The molecule has 156 valence electrons. The number of hydrogen-bond donors (Lipinski definition) is 1. The van der Waals surface area contributed by atoms with Crippen LogP contribution in [-0.2, 0) is 0 Å². The number of nitrogens with one attached hydrogen (secondary N) is 1. The van der Waals surface area contributed by atoms with Crippen molar-refractivity contribution < 1.29 is 0 Å². The Hall–Kier alpha value is -4.23. The molecule has 0 aliphatic heterocycles. The van der Waals surface area contributed by atoms with Crippen molar-refractivity contribution in [1.29, 1.82) is 5.41 Å². The van der Waals surface area contributed by atoms with Gasteiger partial charge in [0.1, 0.15) is 0 Å². The predicted octanol–water partition coefficient (Wildman–Crippen LogP) is 7.94. The molecule has 5 aromatic carbocycles. The van der Waals surface area contributed by atoms with E-state index < -0.39 is 0 Å². The SMILES string of the molecule is N=C(c1ccccc1)c1c(C2C(c3ccccc3)=Cc3ccccc32)ccc2ccccc12. The van der Waals surface area contributed by atoms with Crippen LogP contribution in [0.4, 0.5) is 0 Å². The maximum Gasteiger partial charge on any atom is 0.0693 e. The summed E-state index contributed by atoms with van der Waals surface area (Å²) < 4.78 is 0. The van der Waals surface area contributed by atoms with E-state index in [9.17, 15) is 5.41 Å². The molecule has 5 aromatic rings. The molecule has 0 amide bonds. The fourth-order valence-corrected chi connectivity index (χ4v) is 5.10. The Balaban J connectivity index is 1.64. The smallest absolute Gasteiger partial charge is 0.0693 e. The van der Waals surface area contributed by atoms with Gasteiger partial charge in [-0.15, -0.1) is 0 Å². The van der Waals surface area contributed by atoms with Crippen molar-refractivity contribution in [3.8, 4) is 0 Å². The lowest BCUT2D eigenvalue weighted by Gasteiger charge is -2.23. The third kappa shape index (κ3) is 3.30. The van der Waals surface area contributed by atoms with Crippen molar-refractivity contribution in [2.75, 3.05) is 0 Å². The number of rotatable bonds is 4. The summed E-state index contributed by atoms with van der Waals surface area (Å²) in [4.78, 5) is 0. The van der Waals surface area contributed by atoms with Gasteiger partial charge < -0.3 is 0 Å². The molecule has 6 rings (SSSR count). The summed E-state index contributed by atoms with van der Waals surface area (Å²) >= 11 is 0. The minimum Gasteiger partial charge on any atom is -0.300 e. The Morgan fingerprint density at radius 3 is 2.06 bits per heavy atom. The summed E-state index contributed by atoms with van der Waals surface area (Å²) in [5.74, 6) is 0.0762. The first kappa shape index (κ1) is 19.5. The van der Waals surface area contributed by atoms with E-state index in [2.05, 4.69) is 97.1 Å². The van der Waals surface area contributed by atoms with Gasteiger partial charge in [-0.25, -0.2) is 0 Å². The van der Waals surface area contributed by atoms with Crippen molar-refractivity contribution in [1.82, 2.24) is 0 Å². The zero-order valence-electron chi connectivity index (χ0n) is 18.2. The van der Waals surface area contributed by atoms with Crippen LogP contribution in [0.1, 0.15) is 39.3 Å². The first-order chi connectivity index (χ1) is 16.3. The number of benzene rings is 5. The third-order valence-corrected chi connectivity index (χ3v) is 6.62. The lowest BCUT2D eigenvalue weighted by molar-refractivity contribution is 1.06. The molecule has 0 bridgehead atoms. The lowest BCUT2D eigenvalue weighted by Crippen LogP contribution is -2.11. The molecule has 1 unspecified atom stereocenters. The second-order valence-electron chi connectivity index (χ2n) is 8.52. The molecule has 0 radical (unpaired) electrons. The van der Waals surface area contributed by atoms with Gasteiger partial charge in [0, 0.05) is 17.0 Å². The van der Waals surface area contributed by atoms with Crippen LogP contribution in [0.25, 0.3) is 22.4 Å². The van der Waals surface area contributed by atoms with Gasteiger partial charge in [0.25, 0.3) is 0 Å². The van der Waals surface area contributed by atoms with E-state index in [1.54, 1.807) is 0 Å². The summed E-state index contributed by atoms with van der Waals surface area (Å²) in [5, 5.41) is 11.6. The molecule has 33 heavy (non-hydrogen) atoms.